The van der Waals surface area contributed by atoms with Gasteiger partial charge in [-0.15, -0.1) is 0 Å². The molecule has 16 heavy (non-hydrogen) atoms. The number of aliphatic hydroxyl groups excluding tert-OH is 1. The minimum Gasteiger partial charge on any atom is -0.387 e. The molecule has 1 aliphatic rings. The van der Waals surface area contributed by atoms with Gasteiger partial charge in [-0.2, -0.15) is 5.26 Å². The van der Waals surface area contributed by atoms with Crippen LogP contribution in [0.25, 0.3) is 0 Å². The van der Waals surface area contributed by atoms with Gasteiger partial charge in [0.15, 0.2) is 0 Å². The Hall–Kier alpha value is -1.37. The van der Waals surface area contributed by atoms with Gasteiger partial charge in [0.25, 0.3) is 0 Å². The van der Waals surface area contributed by atoms with E-state index in [1.165, 1.54) is 0 Å². The zero-order valence-electron chi connectivity index (χ0n) is 9.10. The van der Waals surface area contributed by atoms with Crippen LogP contribution in [0, 0.1) is 16.7 Å². The van der Waals surface area contributed by atoms with Gasteiger partial charge in [-0.05, 0) is 18.4 Å². The Labute approximate surface area is 95.3 Å². The molecule has 0 radical (unpaired) electrons. The topological polar surface area (TPSA) is 53.2 Å². The standard InChI is InChI=1S/C13H15NO2/c14-10-13(6-8-16-9-7-13)12(15)11-4-2-1-3-5-11/h1-5,12,15H,6-9H2. The molecule has 1 heterocycles. The molecule has 84 valence electrons. The van der Waals surface area contributed by atoms with Crippen LogP contribution in [0.15, 0.2) is 30.3 Å². The Morgan fingerprint density at radius 1 is 1.25 bits per heavy atom. The lowest BCUT2D eigenvalue weighted by Gasteiger charge is -2.35. The van der Waals surface area contributed by atoms with E-state index in [0.29, 0.717) is 26.1 Å². The van der Waals surface area contributed by atoms with Crippen LogP contribution < -0.4 is 0 Å². The number of nitrogens with zero attached hydrogens (tertiary/aromatic N) is 1. The van der Waals surface area contributed by atoms with Gasteiger partial charge in [0.1, 0.15) is 0 Å². The predicted octanol–water partition coefficient (Wildman–Crippen LogP) is 2.04. The third-order valence-electron chi connectivity index (χ3n) is 3.25. The first-order valence-electron chi connectivity index (χ1n) is 5.50. The van der Waals surface area contributed by atoms with Crippen LogP contribution in [0.3, 0.4) is 0 Å². The molecule has 0 saturated carbocycles. The fourth-order valence-electron chi connectivity index (χ4n) is 2.14. The summed E-state index contributed by atoms with van der Waals surface area (Å²) < 4.78 is 5.25. The van der Waals surface area contributed by atoms with Crippen molar-refractivity contribution in [1.82, 2.24) is 0 Å². The highest BCUT2D eigenvalue weighted by Gasteiger charge is 2.40. The lowest BCUT2D eigenvalue weighted by Crippen LogP contribution is -2.34. The summed E-state index contributed by atoms with van der Waals surface area (Å²) in [6.45, 7) is 1.11. The van der Waals surface area contributed by atoms with Crippen molar-refractivity contribution < 1.29 is 9.84 Å². The maximum Gasteiger partial charge on any atom is 0.0978 e. The van der Waals surface area contributed by atoms with E-state index in [2.05, 4.69) is 6.07 Å². The average Bonchev–Trinajstić information content (AvgIpc) is 2.39. The highest BCUT2D eigenvalue weighted by molar-refractivity contribution is 5.23. The SMILES string of the molecule is N#CC1(C(O)c2ccccc2)CCOCC1. The molecule has 1 atom stereocenters. The van der Waals surface area contributed by atoms with E-state index in [1.807, 2.05) is 30.3 Å². The van der Waals surface area contributed by atoms with Gasteiger partial charge >= 0.3 is 0 Å². The summed E-state index contributed by atoms with van der Waals surface area (Å²) >= 11 is 0. The molecule has 1 aliphatic heterocycles. The Balaban J connectivity index is 2.25. The number of hydrogen-bond acceptors (Lipinski definition) is 3. The Bertz CT molecular complexity index is 377. The van der Waals surface area contributed by atoms with Gasteiger partial charge in [-0.3, -0.25) is 0 Å². The van der Waals surface area contributed by atoms with Crippen LogP contribution >= 0.6 is 0 Å². The molecule has 0 amide bonds. The first kappa shape index (κ1) is 11.1. The van der Waals surface area contributed by atoms with Crippen molar-refractivity contribution in [3.63, 3.8) is 0 Å². The van der Waals surface area contributed by atoms with Gasteiger partial charge in [-0.1, -0.05) is 30.3 Å². The number of aliphatic hydroxyl groups is 1. The number of ether oxygens (including phenoxy) is 1. The van der Waals surface area contributed by atoms with Crippen LogP contribution in [-0.4, -0.2) is 18.3 Å². The Morgan fingerprint density at radius 3 is 2.44 bits per heavy atom. The van der Waals surface area contributed by atoms with Crippen LogP contribution in [0.4, 0.5) is 0 Å². The number of benzene rings is 1. The molecule has 1 saturated heterocycles. The van der Waals surface area contributed by atoms with Gasteiger partial charge in [-0.25, -0.2) is 0 Å². The summed E-state index contributed by atoms with van der Waals surface area (Å²) in [5, 5.41) is 19.6. The summed E-state index contributed by atoms with van der Waals surface area (Å²) in [6.07, 6.45) is 0.474. The Morgan fingerprint density at radius 2 is 1.88 bits per heavy atom. The second-order valence-corrected chi connectivity index (χ2v) is 4.19. The first-order chi connectivity index (χ1) is 7.78. The van der Waals surface area contributed by atoms with Crippen molar-refractivity contribution in [3.8, 4) is 6.07 Å². The van der Waals surface area contributed by atoms with E-state index in [1.54, 1.807) is 0 Å². The van der Waals surface area contributed by atoms with E-state index in [-0.39, 0.29) is 0 Å². The first-order valence-corrected chi connectivity index (χ1v) is 5.50. The lowest BCUT2D eigenvalue weighted by atomic mass is 9.74. The fraction of sp³-hybridized carbons (Fsp3) is 0.462. The minimum absolute atomic E-state index is 0.553. The summed E-state index contributed by atoms with van der Waals surface area (Å²) in [5.74, 6) is 0. The van der Waals surface area contributed by atoms with Crippen LogP contribution in [0.2, 0.25) is 0 Å². The molecular formula is C13H15NO2. The molecular weight excluding hydrogens is 202 g/mol. The molecule has 0 aliphatic carbocycles. The second kappa shape index (κ2) is 4.65. The number of hydrogen-bond donors (Lipinski definition) is 1. The highest BCUT2D eigenvalue weighted by Crippen LogP contribution is 2.41. The maximum absolute atomic E-state index is 10.3. The lowest BCUT2D eigenvalue weighted by molar-refractivity contribution is -0.0310. The normalized spacial score (nSPS) is 21.0. The molecule has 3 heteroatoms. The van der Waals surface area contributed by atoms with E-state index < -0.39 is 11.5 Å². The van der Waals surface area contributed by atoms with Crippen molar-refractivity contribution in [3.05, 3.63) is 35.9 Å². The van der Waals surface area contributed by atoms with E-state index in [4.69, 9.17) is 4.74 Å². The number of rotatable bonds is 2. The molecule has 1 unspecified atom stereocenters. The molecule has 1 fully saturated rings. The summed E-state index contributed by atoms with van der Waals surface area (Å²) in [4.78, 5) is 0. The van der Waals surface area contributed by atoms with Crippen molar-refractivity contribution in [1.29, 1.82) is 5.26 Å². The van der Waals surface area contributed by atoms with Gasteiger partial charge in [0, 0.05) is 13.2 Å². The zero-order valence-corrected chi connectivity index (χ0v) is 9.10. The highest BCUT2D eigenvalue weighted by atomic mass is 16.5. The molecule has 1 N–H and O–H groups in total. The molecule has 1 aromatic rings. The predicted molar refractivity (Wildman–Crippen MR) is 59.5 cm³/mol. The van der Waals surface area contributed by atoms with E-state index in [0.717, 1.165) is 5.56 Å². The van der Waals surface area contributed by atoms with Crippen molar-refractivity contribution >= 4 is 0 Å². The summed E-state index contributed by atoms with van der Waals surface area (Å²) in [5.41, 5.74) is 0.130. The van der Waals surface area contributed by atoms with E-state index in [9.17, 15) is 10.4 Å². The van der Waals surface area contributed by atoms with Crippen LogP contribution in [0.1, 0.15) is 24.5 Å². The monoisotopic (exact) mass is 217 g/mol. The fourth-order valence-corrected chi connectivity index (χ4v) is 2.14. The van der Waals surface area contributed by atoms with Gasteiger partial charge in [0.05, 0.1) is 17.6 Å². The summed E-state index contributed by atoms with van der Waals surface area (Å²) in [6, 6.07) is 11.7. The molecule has 0 spiro atoms. The van der Waals surface area contributed by atoms with Gasteiger partial charge < -0.3 is 9.84 Å². The summed E-state index contributed by atoms with van der Waals surface area (Å²) in [7, 11) is 0. The number of nitriles is 1. The van der Waals surface area contributed by atoms with Crippen molar-refractivity contribution in [2.75, 3.05) is 13.2 Å². The second-order valence-electron chi connectivity index (χ2n) is 4.19. The van der Waals surface area contributed by atoms with Crippen LogP contribution in [0.5, 0.6) is 0 Å². The third kappa shape index (κ3) is 1.95. The van der Waals surface area contributed by atoms with E-state index >= 15 is 0 Å². The molecule has 1 aromatic carbocycles. The average molecular weight is 217 g/mol. The third-order valence-corrected chi connectivity index (χ3v) is 3.25. The maximum atomic E-state index is 10.3. The quantitative estimate of drug-likeness (QED) is 0.824. The molecule has 2 rings (SSSR count). The zero-order chi connectivity index (χ0) is 11.4. The van der Waals surface area contributed by atoms with Crippen molar-refractivity contribution in [2.45, 2.75) is 18.9 Å². The van der Waals surface area contributed by atoms with Crippen LogP contribution in [-0.2, 0) is 4.74 Å². The van der Waals surface area contributed by atoms with Gasteiger partial charge in [0.2, 0.25) is 0 Å². The molecule has 0 aromatic heterocycles. The largest absolute Gasteiger partial charge is 0.387 e. The molecule has 0 bridgehead atoms. The smallest absolute Gasteiger partial charge is 0.0978 e. The van der Waals surface area contributed by atoms with Crippen molar-refractivity contribution in [2.24, 2.45) is 5.41 Å². The molecule has 3 nitrogen and oxygen atoms in total. The minimum atomic E-state index is -0.720. The Kier molecular flexibility index (Phi) is 3.23.